The fraction of sp³-hybridized carbons (Fsp3) is 0.200. The number of halogens is 2. The summed E-state index contributed by atoms with van der Waals surface area (Å²) in [6, 6.07) is 26.0. The third kappa shape index (κ3) is 6.82. The van der Waals surface area contributed by atoms with Crippen molar-refractivity contribution in [2.24, 2.45) is 0 Å². The van der Waals surface area contributed by atoms with Crippen LogP contribution in [-0.4, -0.2) is 9.52 Å². The van der Waals surface area contributed by atoms with Crippen LogP contribution in [0.3, 0.4) is 0 Å². The van der Waals surface area contributed by atoms with Crippen molar-refractivity contribution in [3.63, 3.8) is 0 Å². The summed E-state index contributed by atoms with van der Waals surface area (Å²) >= 11 is 0. The van der Waals surface area contributed by atoms with Gasteiger partial charge in [0.1, 0.15) is 0 Å². The van der Waals surface area contributed by atoms with Crippen molar-refractivity contribution in [1.29, 1.82) is 0 Å². The number of rotatable bonds is 0. The molecule has 6 rings (SSSR count). The first-order valence-electron chi connectivity index (χ1n) is 10.9. The van der Waals surface area contributed by atoms with Gasteiger partial charge < -0.3 is 24.8 Å². The maximum absolute atomic E-state index is 3.32. The van der Waals surface area contributed by atoms with Crippen molar-refractivity contribution >= 4 is 31.1 Å². The standard InChI is InChI=1S/2C14H11.C2H6Si.2ClH.Zr/c2*1-10-6-7-13-8-11-4-2-3-5-12(11)9-14(10)13;1-3-2;;;/h2*2-6,8-10H,1H3;1-2H3;2*1H;/q2*-1;;;;+4/p-2. The predicted molar refractivity (Wildman–Crippen MR) is 136 cm³/mol. The Kier molecular flexibility index (Phi) is 12.8. The van der Waals surface area contributed by atoms with Crippen molar-refractivity contribution in [2.75, 3.05) is 0 Å². The molecule has 0 spiro atoms. The molecule has 4 aromatic carbocycles. The topological polar surface area (TPSA) is 0 Å². The van der Waals surface area contributed by atoms with Crippen molar-refractivity contribution in [1.82, 2.24) is 0 Å². The summed E-state index contributed by atoms with van der Waals surface area (Å²) in [6.07, 6.45) is 10.9. The molecule has 0 bridgehead atoms. The molecule has 2 atom stereocenters. The Morgan fingerprint density at radius 3 is 1.21 bits per heavy atom. The Balaban J connectivity index is 0.000000283. The SMILES string of the molecule is CC1C=[C-]c2cc3ccccc3cc21.CC1C=[C-]c2cc3ccccc3cc21.C[Si]C.[Cl-].[Cl-].[Zr+4]. The molecule has 2 radical (unpaired) electrons. The van der Waals surface area contributed by atoms with Gasteiger partial charge in [-0.3, -0.25) is 0 Å². The van der Waals surface area contributed by atoms with E-state index >= 15 is 0 Å². The molecule has 0 nitrogen and oxygen atoms in total. The van der Waals surface area contributed by atoms with Crippen LogP contribution in [0.1, 0.15) is 47.9 Å². The van der Waals surface area contributed by atoms with E-state index in [2.05, 4.69) is 124 Å². The zero-order valence-electron chi connectivity index (χ0n) is 20.0. The molecule has 4 heteroatoms. The summed E-state index contributed by atoms with van der Waals surface area (Å²) < 4.78 is 0. The quantitative estimate of drug-likeness (QED) is 0.222. The Labute approximate surface area is 238 Å². The van der Waals surface area contributed by atoms with Crippen LogP contribution in [-0.2, 0) is 26.2 Å². The Morgan fingerprint density at radius 1 is 0.588 bits per heavy atom. The maximum atomic E-state index is 3.32. The second kappa shape index (κ2) is 14.2. The first-order chi connectivity index (χ1) is 15.1. The van der Waals surface area contributed by atoms with E-state index in [4.69, 9.17) is 0 Å². The van der Waals surface area contributed by atoms with Crippen molar-refractivity contribution in [3.8, 4) is 0 Å². The first-order valence-corrected chi connectivity index (χ1v) is 12.9. The molecular weight excluding hydrogens is 551 g/mol. The van der Waals surface area contributed by atoms with Crippen LogP contribution in [0.15, 0.2) is 84.9 Å². The molecule has 4 aromatic rings. The van der Waals surface area contributed by atoms with Crippen molar-refractivity contribution < 1.29 is 51.0 Å². The number of fused-ring (bicyclic) bond motifs is 4. The summed E-state index contributed by atoms with van der Waals surface area (Å²) in [4.78, 5) is 0. The van der Waals surface area contributed by atoms with E-state index in [0.717, 1.165) is 9.52 Å². The van der Waals surface area contributed by atoms with E-state index in [0.29, 0.717) is 11.8 Å². The molecule has 2 aliphatic rings. The van der Waals surface area contributed by atoms with Gasteiger partial charge in [-0.05, 0) is 10.8 Å². The Morgan fingerprint density at radius 2 is 0.882 bits per heavy atom. The monoisotopic (exact) mass is 576 g/mol. The fourth-order valence-corrected chi connectivity index (χ4v) is 4.13. The minimum absolute atomic E-state index is 0. The largest absolute Gasteiger partial charge is 4.00 e. The van der Waals surface area contributed by atoms with Gasteiger partial charge in [-0.2, -0.15) is 35.4 Å². The summed E-state index contributed by atoms with van der Waals surface area (Å²) in [5.74, 6) is 1.05. The van der Waals surface area contributed by atoms with Crippen LogP contribution in [0.25, 0.3) is 21.5 Å². The molecule has 170 valence electrons. The molecule has 2 unspecified atom stereocenters. The molecule has 0 fully saturated rings. The molecule has 0 N–H and O–H groups in total. The molecule has 0 aliphatic heterocycles. The molecule has 0 amide bonds. The molecule has 2 aliphatic carbocycles. The van der Waals surface area contributed by atoms with Gasteiger partial charge in [0, 0.05) is 9.52 Å². The van der Waals surface area contributed by atoms with E-state index in [1.165, 1.54) is 43.8 Å². The van der Waals surface area contributed by atoms with Gasteiger partial charge in [0.2, 0.25) is 0 Å². The van der Waals surface area contributed by atoms with Crippen LogP contribution in [0.5, 0.6) is 0 Å². The van der Waals surface area contributed by atoms with Crippen molar-refractivity contribution in [2.45, 2.75) is 38.8 Å². The number of benzene rings is 4. The Hall–Kier alpha value is -1.44. The van der Waals surface area contributed by atoms with Gasteiger partial charge in [-0.25, -0.2) is 0 Å². The van der Waals surface area contributed by atoms with E-state index in [-0.39, 0.29) is 51.0 Å². The zero-order chi connectivity index (χ0) is 21.8. The van der Waals surface area contributed by atoms with E-state index in [9.17, 15) is 0 Å². The summed E-state index contributed by atoms with van der Waals surface area (Å²) in [6.45, 7) is 8.74. The van der Waals surface area contributed by atoms with Gasteiger partial charge in [0.05, 0.1) is 0 Å². The molecule has 34 heavy (non-hydrogen) atoms. The fourth-order valence-electron chi connectivity index (χ4n) is 4.13. The number of allylic oxidation sites excluding steroid dienone is 2. The molecule has 0 saturated carbocycles. The van der Waals surface area contributed by atoms with E-state index < -0.39 is 0 Å². The normalized spacial score (nSPS) is 16.0. The summed E-state index contributed by atoms with van der Waals surface area (Å²) in [7, 11) is 1.08. The van der Waals surface area contributed by atoms with E-state index in [1.54, 1.807) is 0 Å². The van der Waals surface area contributed by atoms with Gasteiger partial charge in [-0.15, -0.1) is 35.4 Å². The molecular formula is C30H28Cl2SiZr. The summed E-state index contributed by atoms with van der Waals surface area (Å²) in [5.41, 5.74) is 5.33. The molecule has 0 heterocycles. The van der Waals surface area contributed by atoms with Gasteiger partial charge in [-0.1, -0.05) is 98.1 Å². The molecule has 0 aromatic heterocycles. The molecule has 0 saturated heterocycles. The summed E-state index contributed by atoms with van der Waals surface area (Å²) in [5, 5.41) is 5.27. The van der Waals surface area contributed by atoms with Gasteiger partial charge >= 0.3 is 26.2 Å². The van der Waals surface area contributed by atoms with Crippen LogP contribution >= 0.6 is 0 Å². The number of hydrogen-bond donors (Lipinski definition) is 0. The van der Waals surface area contributed by atoms with E-state index in [1.807, 2.05) is 0 Å². The van der Waals surface area contributed by atoms with Gasteiger partial charge in [0.15, 0.2) is 0 Å². The van der Waals surface area contributed by atoms with Crippen molar-refractivity contribution in [3.05, 3.63) is 119 Å². The second-order valence-electron chi connectivity index (χ2n) is 8.27. The van der Waals surface area contributed by atoms with Crippen LogP contribution in [0.4, 0.5) is 0 Å². The average Bonchev–Trinajstić information content (AvgIpc) is 3.34. The second-order valence-corrected chi connectivity index (χ2v) is 9.27. The first kappa shape index (κ1) is 30.6. The predicted octanol–water partition coefficient (Wildman–Crippen LogP) is 2.12. The Bertz CT molecular complexity index is 1180. The van der Waals surface area contributed by atoms with Crippen LogP contribution in [0, 0.1) is 12.2 Å². The van der Waals surface area contributed by atoms with Crippen LogP contribution < -0.4 is 24.8 Å². The minimum atomic E-state index is 0. The third-order valence-electron chi connectivity index (χ3n) is 5.79. The van der Waals surface area contributed by atoms with Gasteiger partial charge in [0.25, 0.3) is 0 Å². The average molecular weight is 579 g/mol. The smallest absolute Gasteiger partial charge is 1.00 e. The maximum Gasteiger partial charge on any atom is 4.00 e. The minimum Gasteiger partial charge on any atom is -1.00 e. The zero-order valence-corrected chi connectivity index (χ0v) is 25.0. The third-order valence-corrected chi connectivity index (χ3v) is 5.79. The number of hydrogen-bond acceptors (Lipinski definition) is 0. The van der Waals surface area contributed by atoms with Crippen LogP contribution in [0.2, 0.25) is 13.1 Å².